The number of aryl methyl sites for hydroxylation is 1. The Bertz CT molecular complexity index is 1050. The molecule has 0 bridgehead atoms. The van der Waals surface area contributed by atoms with Crippen molar-refractivity contribution < 1.29 is 0 Å². The Morgan fingerprint density at radius 1 is 1.19 bits per heavy atom. The molecule has 1 nitrogen and oxygen atoms in total. The topological polar surface area (TPSA) is 15.8 Å². The van der Waals surface area contributed by atoms with E-state index in [1.165, 1.54) is 38.9 Å². The van der Waals surface area contributed by atoms with Crippen molar-refractivity contribution in [2.45, 2.75) is 37.4 Å². The van der Waals surface area contributed by atoms with Crippen LogP contribution in [0, 0.1) is 5.92 Å². The molecular formula is C25H25NS. The first-order valence-electron chi connectivity index (χ1n) is 9.89. The molecule has 0 saturated heterocycles. The molecule has 0 spiro atoms. The summed E-state index contributed by atoms with van der Waals surface area (Å²) in [6.45, 7) is 6.80. The normalized spacial score (nSPS) is 29.4. The van der Waals surface area contributed by atoms with E-state index in [0.717, 1.165) is 25.7 Å². The van der Waals surface area contributed by atoms with Crippen LogP contribution in [0.1, 0.15) is 43.0 Å². The zero-order chi connectivity index (χ0) is 18.4. The Morgan fingerprint density at radius 2 is 2.11 bits per heavy atom. The predicted octanol–water partition coefficient (Wildman–Crippen LogP) is 7.05. The van der Waals surface area contributed by atoms with E-state index in [4.69, 9.17) is 0 Å². The zero-order valence-electron chi connectivity index (χ0n) is 15.8. The van der Waals surface area contributed by atoms with Crippen LogP contribution in [-0.4, -0.2) is 4.98 Å². The number of fused-ring (bicyclic) bond motifs is 5. The average Bonchev–Trinajstić information content (AvgIpc) is 3.06. The number of benzene rings is 1. The van der Waals surface area contributed by atoms with Crippen molar-refractivity contribution in [3.05, 3.63) is 89.0 Å². The Labute approximate surface area is 165 Å². The Morgan fingerprint density at radius 3 is 2.96 bits per heavy atom. The molecule has 2 heterocycles. The van der Waals surface area contributed by atoms with E-state index in [1.807, 2.05) is 11.8 Å². The quantitative estimate of drug-likeness (QED) is 0.568. The number of H-pyrrole nitrogens is 1. The number of hydrogen-bond acceptors (Lipinski definition) is 1. The third-order valence-electron chi connectivity index (χ3n) is 6.31. The van der Waals surface area contributed by atoms with Crippen molar-refractivity contribution in [1.29, 1.82) is 0 Å². The van der Waals surface area contributed by atoms with Gasteiger partial charge in [-0.05, 0) is 60.8 Å². The van der Waals surface area contributed by atoms with Gasteiger partial charge in [0.05, 0.1) is 4.75 Å². The van der Waals surface area contributed by atoms with Gasteiger partial charge >= 0.3 is 0 Å². The van der Waals surface area contributed by atoms with Crippen molar-refractivity contribution in [2.75, 3.05) is 0 Å². The van der Waals surface area contributed by atoms with Gasteiger partial charge in [-0.1, -0.05) is 60.7 Å². The van der Waals surface area contributed by atoms with E-state index < -0.39 is 0 Å². The molecular weight excluding hydrogens is 346 g/mol. The number of rotatable bonds is 1. The molecule has 1 N–H and O–H groups in total. The predicted molar refractivity (Wildman–Crippen MR) is 119 cm³/mol. The Kier molecular flexibility index (Phi) is 4.05. The zero-order valence-corrected chi connectivity index (χ0v) is 16.6. The molecule has 3 aliphatic rings. The van der Waals surface area contributed by atoms with E-state index in [9.17, 15) is 0 Å². The third kappa shape index (κ3) is 2.70. The fraction of sp³-hybridized carbons (Fsp3) is 0.280. The van der Waals surface area contributed by atoms with Crippen LogP contribution < -0.4 is 0 Å². The minimum absolute atomic E-state index is 0.0235. The summed E-state index contributed by atoms with van der Waals surface area (Å²) in [5.41, 5.74) is 8.08. The maximum atomic E-state index is 4.40. The maximum absolute atomic E-state index is 4.40. The highest BCUT2D eigenvalue weighted by molar-refractivity contribution is 8.03. The first-order chi connectivity index (χ1) is 13.2. The van der Waals surface area contributed by atoms with Crippen molar-refractivity contribution in [2.24, 2.45) is 5.92 Å². The van der Waals surface area contributed by atoms with Crippen LogP contribution in [-0.2, 0) is 11.2 Å². The molecule has 2 unspecified atom stereocenters. The SMILES string of the molecule is C=C1/C=C\C=C/SC2(C)c3c([nH]c4cc(C5=CCCC=C5)ccc34)CCC12. The number of thioether (sulfide) groups is 1. The second-order valence-electron chi connectivity index (χ2n) is 7.96. The molecule has 27 heavy (non-hydrogen) atoms. The molecule has 136 valence electrons. The summed E-state index contributed by atoms with van der Waals surface area (Å²) in [5.74, 6) is 0.471. The van der Waals surface area contributed by atoms with Crippen LogP contribution in [0.4, 0.5) is 0 Å². The van der Waals surface area contributed by atoms with E-state index in [2.05, 4.69) is 78.5 Å². The second kappa shape index (κ2) is 6.45. The van der Waals surface area contributed by atoms with Crippen LogP contribution in [0.2, 0.25) is 0 Å². The second-order valence-corrected chi connectivity index (χ2v) is 9.31. The van der Waals surface area contributed by atoms with Crippen LogP contribution >= 0.6 is 11.8 Å². The van der Waals surface area contributed by atoms with Gasteiger partial charge in [-0.2, -0.15) is 0 Å². The van der Waals surface area contributed by atoms with Gasteiger partial charge < -0.3 is 4.98 Å². The summed E-state index contributed by atoms with van der Waals surface area (Å²) in [6, 6.07) is 6.97. The summed E-state index contributed by atoms with van der Waals surface area (Å²) < 4.78 is 0.0235. The van der Waals surface area contributed by atoms with Crippen molar-refractivity contribution in [1.82, 2.24) is 4.98 Å². The molecule has 5 rings (SSSR count). The number of nitrogens with one attached hydrogen (secondary N) is 1. The molecule has 0 amide bonds. The molecule has 1 aromatic heterocycles. The molecule has 2 aromatic rings. The van der Waals surface area contributed by atoms with Crippen molar-refractivity contribution >= 4 is 28.2 Å². The number of aromatic nitrogens is 1. The first-order valence-corrected chi connectivity index (χ1v) is 10.8. The smallest absolute Gasteiger partial charge is 0.0513 e. The van der Waals surface area contributed by atoms with E-state index in [1.54, 1.807) is 0 Å². The minimum Gasteiger partial charge on any atom is -0.358 e. The lowest BCUT2D eigenvalue weighted by Crippen LogP contribution is -2.34. The molecule has 2 heteroatoms. The summed E-state index contributed by atoms with van der Waals surface area (Å²) in [6.07, 6.45) is 17.9. The summed E-state index contributed by atoms with van der Waals surface area (Å²) in [5, 5.41) is 3.62. The van der Waals surface area contributed by atoms with Gasteiger partial charge in [-0.3, -0.25) is 0 Å². The monoisotopic (exact) mass is 371 g/mol. The van der Waals surface area contributed by atoms with Crippen LogP contribution in [0.5, 0.6) is 0 Å². The first kappa shape index (κ1) is 16.9. The largest absolute Gasteiger partial charge is 0.358 e. The Hall–Kier alpha value is -2.19. The lowest BCUT2D eigenvalue weighted by molar-refractivity contribution is 0.420. The van der Waals surface area contributed by atoms with Crippen molar-refractivity contribution in [3.63, 3.8) is 0 Å². The molecule has 2 atom stereocenters. The highest BCUT2D eigenvalue weighted by Gasteiger charge is 2.43. The van der Waals surface area contributed by atoms with E-state index >= 15 is 0 Å². The molecule has 0 saturated carbocycles. The van der Waals surface area contributed by atoms with Gasteiger partial charge in [-0.15, -0.1) is 11.8 Å². The maximum Gasteiger partial charge on any atom is 0.0513 e. The minimum atomic E-state index is 0.0235. The van der Waals surface area contributed by atoms with Gasteiger partial charge in [0.1, 0.15) is 0 Å². The van der Waals surface area contributed by atoms with E-state index in [-0.39, 0.29) is 4.75 Å². The van der Waals surface area contributed by atoms with Gasteiger partial charge in [0.15, 0.2) is 0 Å². The highest BCUT2D eigenvalue weighted by Crippen LogP contribution is 2.55. The van der Waals surface area contributed by atoms with Gasteiger partial charge in [0.2, 0.25) is 0 Å². The molecule has 0 radical (unpaired) electrons. The fourth-order valence-corrected chi connectivity index (χ4v) is 6.19. The Balaban J connectivity index is 1.66. The molecule has 1 aromatic carbocycles. The number of aromatic amines is 1. The van der Waals surface area contributed by atoms with Crippen molar-refractivity contribution in [3.8, 4) is 0 Å². The van der Waals surface area contributed by atoms with Gasteiger partial charge in [-0.25, -0.2) is 0 Å². The average molecular weight is 372 g/mol. The number of hydrogen-bond donors (Lipinski definition) is 1. The third-order valence-corrected chi connectivity index (χ3v) is 7.58. The van der Waals surface area contributed by atoms with Crippen LogP contribution in [0.3, 0.4) is 0 Å². The summed E-state index contributed by atoms with van der Waals surface area (Å²) >= 11 is 1.95. The van der Waals surface area contributed by atoms with E-state index in [0.29, 0.717) is 5.92 Å². The standard InChI is InChI=1S/C25H25NS/c1-17-8-6-7-15-27-25(2)21(17)13-14-22-24(25)20-12-11-19(16-23(20)26-22)18-9-4-3-5-10-18/h4,6-12,15-16,21,26H,1,3,5,13-14H2,2H3/b8-6-,15-7-. The summed E-state index contributed by atoms with van der Waals surface area (Å²) in [4.78, 5) is 3.77. The van der Waals surface area contributed by atoms with Gasteiger partial charge in [0.25, 0.3) is 0 Å². The number of allylic oxidation sites excluding steroid dienone is 8. The molecule has 2 aliphatic carbocycles. The molecule has 0 fully saturated rings. The van der Waals surface area contributed by atoms with Gasteiger partial charge in [0, 0.05) is 22.5 Å². The summed E-state index contributed by atoms with van der Waals surface area (Å²) in [7, 11) is 0. The lowest BCUT2D eigenvalue weighted by Gasteiger charge is -2.42. The molecule has 1 aliphatic heterocycles. The fourth-order valence-electron chi connectivity index (χ4n) is 4.95. The van der Waals surface area contributed by atoms with Crippen LogP contribution in [0.25, 0.3) is 16.5 Å². The lowest BCUT2D eigenvalue weighted by atomic mass is 9.73. The highest BCUT2D eigenvalue weighted by atomic mass is 32.2. The van der Waals surface area contributed by atoms with Crippen LogP contribution in [0.15, 0.2) is 72.2 Å².